The fraction of sp³-hybridized carbons (Fsp3) is 1.00. The summed E-state index contributed by atoms with van der Waals surface area (Å²) in [6.07, 6.45) is 0. The van der Waals surface area contributed by atoms with Crippen molar-refractivity contribution in [1.82, 2.24) is 9.21 Å². The van der Waals surface area contributed by atoms with Gasteiger partial charge in [0, 0.05) is 32.8 Å². The van der Waals surface area contributed by atoms with Crippen LogP contribution in [0.15, 0.2) is 0 Å². The molecule has 0 unspecified atom stereocenters. The minimum Gasteiger partial charge on any atom is -0.381 e. The van der Waals surface area contributed by atoms with Crippen molar-refractivity contribution in [2.24, 2.45) is 0 Å². The van der Waals surface area contributed by atoms with E-state index in [1.165, 1.54) is 0 Å². The van der Waals surface area contributed by atoms with E-state index in [0.717, 1.165) is 13.1 Å². The van der Waals surface area contributed by atoms with Crippen molar-refractivity contribution in [3.05, 3.63) is 0 Å². The lowest BCUT2D eigenvalue weighted by Crippen LogP contribution is -2.48. The molecule has 0 saturated carbocycles. The van der Waals surface area contributed by atoms with Gasteiger partial charge in [-0.25, -0.2) is 8.42 Å². The molecule has 0 aliphatic carbocycles. The van der Waals surface area contributed by atoms with E-state index >= 15 is 0 Å². The first-order chi connectivity index (χ1) is 7.06. The summed E-state index contributed by atoms with van der Waals surface area (Å²) < 4.78 is 30.2. The Morgan fingerprint density at radius 3 is 2.33 bits per heavy atom. The first-order valence-corrected chi connectivity index (χ1v) is 6.91. The summed E-state index contributed by atoms with van der Waals surface area (Å²) in [4.78, 5) is 2.13. The molecule has 0 N–H and O–H groups in total. The van der Waals surface area contributed by atoms with Crippen LogP contribution < -0.4 is 0 Å². The predicted molar refractivity (Wildman–Crippen MR) is 59.3 cm³/mol. The predicted octanol–water partition coefficient (Wildman–Crippen LogP) is -0.400. The lowest BCUT2D eigenvalue weighted by atomic mass is 10.4. The second kappa shape index (κ2) is 5.79. The summed E-state index contributed by atoms with van der Waals surface area (Å²) in [5.41, 5.74) is 0. The number of piperazine rings is 1. The summed E-state index contributed by atoms with van der Waals surface area (Å²) in [5, 5.41) is 0. The van der Waals surface area contributed by atoms with Gasteiger partial charge in [-0.05, 0) is 14.0 Å². The van der Waals surface area contributed by atoms with Gasteiger partial charge in [0.15, 0.2) is 0 Å². The van der Waals surface area contributed by atoms with Gasteiger partial charge in [-0.3, -0.25) is 0 Å². The Balaban J connectivity index is 2.40. The summed E-state index contributed by atoms with van der Waals surface area (Å²) >= 11 is 0. The number of nitrogens with zero attached hydrogens (tertiary/aromatic N) is 2. The van der Waals surface area contributed by atoms with Gasteiger partial charge in [0.25, 0.3) is 0 Å². The molecule has 0 amide bonds. The van der Waals surface area contributed by atoms with Crippen LogP contribution in [-0.2, 0) is 14.8 Å². The molecule has 15 heavy (non-hydrogen) atoms. The van der Waals surface area contributed by atoms with Gasteiger partial charge < -0.3 is 9.64 Å². The van der Waals surface area contributed by atoms with Crippen LogP contribution in [0.2, 0.25) is 0 Å². The molecule has 0 atom stereocenters. The Morgan fingerprint density at radius 2 is 1.80 bits per heavy atom. The van der Waals surface area contributed by atoms with E-state index < -0.39 is 10.0 Å². The van der Waals surface area contributed by atoms with E-state index in [2.05, 4.69) is 4.90 Å². The van der Waals surface area contributed by atoms with Crippen molar-refractivity contribution in [3.63, 3.8) is 0 Å². The fourth-order valence-corrected chi connectivity index (χ4v) is 2.81. The largest absolute Gasteiger partial charge is 0.381 e. The summed E-state index contributed by atoms with van der Waals surface area (Å²) in [7, 11) is -1.09. The molecule has 1 aliphatic heterocycles. The Hall–Kier alpha value is -0.170. The third-order valence-corrected chi connectivity index (χ3v) is 4.38. The molecule has 1 saturated heterocycles. The van der Waals surface area contributed by atoms with Crippen LogP contribution in [-0.4, -0.2) is 69.8 Å². The quantitative estimate of drug-likeness (QED) is 0.610. The van der Waals surface area contributed by atoms with Crippen LogP contribution in [0.5, 0.6) is 0 Å². The molecule has 6 heteroatoms. The zero-order valence-corrected chi connectivity index (χ0v) is 10.3. The Bertz CT molecular complexity index is 271. The van der Waals surface area contributed by atoms with E-state index in [4.69, 9.17) is 4.74 Å². The van der Waals surface area contributed by atoms with Gasteiger partial charge in [-0.2, -0.15) is 4.31 Å². The van der Waals surface area contributed by atoms with Crippen molar-refractivity contribution in [3.8, 4) is 0 Å². The van der Waals surface area contributed by atoms with Crippen LogP contribution in [0.3, 0.4) is 0 Å². The maximum absolute atomic E-state index is 11.8. The van der Waals surface area contributed by atoms with Crippen molar-refractivity contribution in [1.29, 1.82) is 0 Å². The first kappa shape index (κ1) is 12.9. The highest BCUT2D eigenvalue weighted by atomic mass is 32.2. The zero-order valence-electron chi connectivity index (χ0n) is 9.48. The first-order valence-electron chi connectivity index (χ1n) is 5.30. The number of likely N-dealkylation sites (N-methyl/N-ethyl adjacent to an activating group) is 1. The van der Waals surface area contributed by atoms with Crippen molar-refractivity contribution in [2.45, 2.75) is 6.92 Å². The van der Waals surface area contributed by atoms with Crippen LogP contribution in [0.4, 0.5) is 0 Å². The van der Waals surface area contributed by atoms with Gasteiger partial charge in [0.05, 0.1) is 12.4 Å². The second-order valence-electron chi connectivity index (χ2n) is 3.72. The van der Waals surface area contributed by atoms with Crippen LogP contribution in [0.25, 0.3) is 0 Å². The monoisotopic (exact) mass is 236 g/mol. The van der Waals surface area contributed by atoms with Gasteiger partial charge in [-0.1, -0.05) is 0 Å². The summed E-state index contributed by atoms with van der Waals surface area (Å²) in [5.74, 6) is 0.102. The molecule has 0 aromatic heterocycles. The number of hydrogen-bond donors (Lipinski definition) is 0. The summed E-state index contributed by atoms with van der Waals surface area (Å²) in [6, 6.07) is 0. The minimum absolute atomic E-state index is 0.102. The molecule has 1 heterocycles. The maximum atomic E-state index is 11.8. The molecule has 1 rings (SSSR count). The molecular weight excluding hydrogens is 216 g/mol. The highest BCUT2D eigenvalue weighted by Gasteiger charge is 2.24. The normalized spacial score (nSPS) is 20.7. The molecule has 1 fully saturated rings. The van der Waals surface area contributed by atoms with E-state index in [1.807, 2.05) is 14.0 Å². The highest BCUT2D eigenvalue weighted by molar-refractivity contribution is 7.89. The number of ether oxygens (including phenoxy) is 1. The SMILES string of the molecule is CCOCCS(=O)(=O)N1CCN(C)CC1. The van der Waals surface area contributed by atoms with E-state index in [0.29, 0.717) is 26.3 Å². The molecule has 0 bridgehead atoms. The van der Waals surface area contributed by atoms with E-state index in [9.17, 15) is 8.42 Å². The molecule has 0 aromatic rings. The number of hydrogen-bond acceptors (Lipinski definition) is 4. The molecule has 0 spiro atoms. The molecule has 1 aliphatic rings. The number of rotatable bonds is 5. The third-order valence-electron chi connectivity index (χ3n) is 2.55. The average Bonchev–Trinajstić information content (AvgIpc) is 2.18. The average molecular weight is 236 g/mol. The Kier molecular flexibility index (Phi) is 4.98. The lowest BCUT2D eigenvalue weighted by Gasteiger charge is -2.31. The Labute approximate surface area is 92.0 Å². The van der Waals surface area contributed by atoms with E-state index in [1.54, 1.807) is 4.31 Å². The standard InChI is InChI=1S/C9H20N2O3S/c1-3-14-8-9-15(12,13)11-6-4-10(2)5-7-11/h3-9H2,1-2H3. The maximum Gasteiger partial charge on any atom is 0.216 e. The molecule has 5 nitrogen and oxygen atoms in total. The minimum atomic E-state index is -3.10. The van der Waals surface area contributed by atoms with Gasteiger partial charge in [-0.15, -0.1) is 0 Å². The van der Waals surface area contributed by atoms with Crippen LogP contribution >= 0.6 is 0 Å². The van der Waals surface area contributed by atoms with Gasteiger partial charge in [0.2, 0.25) is 10.0 Å². The van der Waals surface area contributed by atoms with Gasteiger partial charge >= 0.3 is 0 Å². The fourth-order valence-electron chi connectivity index (χ4n) is 1.50. The highest BCUT2D eigenvalue weighted by Crippen LogP contribution is 2.06. The molecule has 0 aromatic carbocycles. The summed E-state index contributed by atoms with van der Waals surface area (Å²) in [6.45, 7) is 5.56. The zero-order chi connectivity index (χ0) is 11.3. The molecule has 0 radical (unpaired) electrons. The van der Waals surface area contributed by atoms with Crippen LogP contribution in [0.1, 0.15) is 6.92 Å². The third kappa shape index (κ3) is 4.06. The smallest absolute Gasteiger partial charge is 0.216 e. The van der Waals surface area contributed by atoms with E-state index in [-0.39, 0.29) is 5.75 Å². The van der Waals surface area contributed by atoms with Crippen molar-refractivity contribution < 1.29 is 13.2 Å². The van der Waals surface area contributed by atoms with Gasteiger partial charge in [0.1, 0.15) is 0 Å². The Morgan fingerprint density at radius 1 is 1.20 bits per heavy atom. The van der Waals surface area contributed by atoms with Crippen molar-refractivity contribution >= 4 is 10.0 Å². The topological polar surface area (TPSA) is 49.9 Å². The molecule has 90 valence electrons. The second-order valence-corrected chi connectivity index (χ2v) is 5.80. The van der Waals surface area contributed by atoms with Crippen molar-refractivity contribution in [2.75, 3.05) is 52.2 Å². The molecular formula is C9H20N2O3S. The lowest BCUT2D eigenvalue weighted by molar-refractivity contribution is 0.161. The number of sulfonamides is 1. The van der Waals surface area contributed by atoms with Crippen LogP contribution in [0, 0.1) is 0 Å².